The topological polar surface area (TPSA) is 38.1 Å². The third-order valence-corrected chi connectivity index (χ3v) is 3.94. The Balaban J connectivity index is 2.36. The number of aromatic nitrogens is 2. The molecule has 0 saturated heterocycles. The van der Waals surface area contributed by atoms with Gasteiger partial charge in [0, 0.05) is 17.0 Å². The Morgan fingerprint density at radius 1 is 1.19 bits per heavy atom. The van der Waals surface area contributed by atoms with E-state index in [-0.39, 0.29) is 11.8 Å². The second-order valence-corrected chi connectivity index (χ2v) is 5.93. The summed E-state index contributed by atoms with van der Waals surface area (Å²) in [5.41, 5.74) is 3.86. The number of fused-ring (bicyclic) bond motifs is 1. The zero-order chi connectivity index (χ0) is 15.1. The number of para-hydroxylation sites is 1. The zero-order valence-corrected chi connectivity index (χ0v) is 13.0. The summed E-state index contributed by atoms with van der Waals surface area (Å²) in [6.07, 6.45) is 0. The molecule has 0 aliphatic rings. The quantitative estimate of drug-likeness (QED) is 0.727. The number of aromatic hydroxyl groups is 1. The minimum atomic E-state index is 0.221. The molecular weight excluding hydrogens is 284 g/mol. The van der Waals surface area contributed by atoms with Crippen molar-refractivity contribution in [3.8, 4) is 17.0 Å². The van der Waals surface area contributed by atoms with Crippen molar-refractivity contribution >= 4 is 22.5 Å². The fraction of sp³-hybridized carbons (Fsp3) is 0.235. The van der Waals surface area contributed by atoms with Crippen LogP contribution in [0.5, 0.6) is 5.75 Å². The van der Waals surface area contributed by atoms with Crippen LogP contribution in [0, 0.1) is 6.92 Å². The maximum absolute atomic E-state index is 9.59. The summed E-state index contributed by atoms with van der Waals surface area (Å²) in [4.78, 5) is 0. The highest BCUT2D eigenvalue weighted by Gasteiger charge is 2.17. The zero-order valence-electron chi connectivity index (χ0n) is 12.3. The van der Waals surface area contributed by atoms with E-state index in [0.717, 1.165) is 27.7 Å². The van der Waals surface area contributed by atoms with Crippen molar-refractivity contribution < 1.29 is 5.11 Å². The van der Waals surface area contributed by atoms with Crippen LogP contribution in [0.3, 0.4) is 0 Å². The third-order valence-electron chi connectivity index (χ3n) is 3.63. The number of benzene rings is 2. The van der Waals surface area contributed by atoms with Gasteiger partial charge in [-0.1, -0.05) is 23.7 Å². The molecule has 1 aromatic heterocycles. The lowest BCUT2D eigenvalue weighted by Crippen LogP contribution is -2.02. The minimum absolute atomic E-state index is 0.221. The Bertz CT molecular complexity index is 821. The number of hydrogen-bond donors (Lipinski definition) is 1. The molecule has 0 fully saturated rings. The molecule has 0 unspecified atom stereocenters. The molecule has 0 radical (unpaired) electrons. The van der Waals surface area contributed by atoms with Gasteiger partial charge in [-0.3, -0.25) is 4.68 Å². The smallest absolute Gasteiger partial charge is 0.115 e. The second kappa shape index (κ2) is 5.08. The van der Waals surface area contributed by atoms with Crippen LogP contribution in [0.2, 0.25) is 5.02 Å². The molecule has 1 heterocycles. The van der Waals surface area contributed by atoms with Gasteiger partial charge in [0.15, 0.2) is 0 Å². The van der Waals surface area contributed by atoms with E-state index in [2.05, 4.69) is 13.8 Å². The molecule has 1 N–H and O–H groups in total. The van der Waals surface area contributed by atoms with E-state index >= 15 is 0 Å². The first-order valence-electron chi connectivity index (χ1n) is 6.95. The lowest BCUT2D eigenvalue weighted by molar-refractivity contribution is 0.475. The number of hydrogen-bond acceptors (Lipinski definition) is 2. The number of phenols is 1. The van der Waals surface area contributed by atoms with Gasteiger partial charge in [0.25, 0.3) is 0 Å². The summed E-state index contributed by atoms with van der Waals surface area (Å²) in [6, 6.07) is 11.4. The molecule has 0 saturated carbocycles. The highest BCUT2D eigenvalue weighted by molar-refractivity contribution is 6.35. The summed E-state index contributed by atoms with van der Waals surface area (Å²) in [5.74, 6) is 0.266. The maximum atomic E-state index is 9.59. The van der Waals surface area contributed by atoms with E-state index < -0.39 is 0 Å². The number of aryl methyl sites for hydroxylation is 1. The maximum Gasteiger partial charge on any atom is 0.115 e. The number of phenolic OH excluding ortho intramolecular Hbond substituents is 1. The molecule has 3 rings (SSSR count). The van der Waals surface area contributed by atoms with Gasteiger partial charge >= 0.3 is 0 Å². The van der Waals surface area contributed by atoms with Gasteiger partial charge in [0.2, 0.25) is 0 Å². The van der Waals surface area contributed by atoms with Gasteiger partial charge in [-0.15, -0.1) is 0 Å². The molecule has 0 spiro atoms. The minimum Gasteiger partial charge on any atom is -0.508 e. The van der Waals surface area contributed by atoms with Crippen LogP contribution in [0.1, 0.15) is 25.5 Å². The van der Waals surface area contributed by atoms with E-state index in [1.807, 2.05) is 35.9 Å². The van der Waals surface area contributed by atoms with Gasteiger partial charge in [0.05, 0.1) is 10.5 Å². The molecular formula is C17H17ClN2O. The van der Waals surface area contributed by atoms with Crippen molar-refractivity contribution in [3.05, 3.63) is 47.0 Å². The first kappa shape index (κ1) is 14.0. The van der Waals surface area contributed by atoms with Crippen LogP contribution < -0.4 is 0 Å². The van der Waals surface area contributed by atoms with E-state index in [1.165, 1.54) is 0 Å². The summed E-state index contributed by atoms with van der Waals surface area (Å²) in [6.45, 7) is 6.15. The molecule has 0 amide bonds. The Morgan fingerprint density at radius 3 is 2.62 bits per heavy atom. The molecule has 4 heteroatoms. The van der Waals surface area contributed by atoms with Gasteiger partial charge in [-0.25, -0.2) is 0 Å². The van der Waals surface area contributed by atoms with Crippen LogP contribution in [0.25, 0.3) is 22.2 Å². The molecule has 3 nitrogen and oxygen atoms in total. The van der Waals surface area contributed by atoms with Gasteiger partial charge in [-0.05, 0) is 50.6 Å². The van der Waals surface area contributed by atoms with Crippen molar-refractivity contribution in [1.82, 2.24) is 9.78 Å². The fourth-order valence-corrected chi connectivity index (χ4v) is 2.90. The summed E-state index contributed by atoms with van der Waals surface area (Å²) in [5, 5.41) is 16.1. The van der Waals surface area contributed by atoms with Crippen molar-refractivity contribution in [1.29, 1.82) is 0 Å². The normalized spacial score (nSPS) is 11.5. The molecule has 0 aliphatic carbocycles. The van der Waals surface area contributed by atoms with Crippen LogP contribution >= 0.6 is 11.6 Å². The highest BCUT2D eigenvalue weighted by atomic mass is 35.5. The molecule has 0 aliphatic heterocycles. The first-order valence-corrected chi connectivity index (χ1v) is 7.33. The van der Waals surface area contributed by atoms with Crippen molar-refractivity contribution in [2.24, 2.45) is 0 Å². The average Bonchev–Trinajstić information content (AvgIpc) is 2.80. The van der Waals surface area contributed by atoms with Crippen LogP contribution in [-0.2, 0) is 0 Å². The van der Waals surface area contributed by atoms with E-state index in [1.54, 1.807) is 12.1 Å². The molecule has 108 valence electrons. The Kier molecular flexibility index (Phi) is 3.38. The van der Waals surface area contributed by atoms with Crippen molar-refractivity contribution in [2.45, 2.75) is 26.8 Å². The summed E-state index contributed by atoms with van der Waals surface area (Å²) in [7, 11) is 0. The Hall–Kier alpha value is -2.00. The monoisotopic (exact) mass is 300 g/mol. The predicted octanol–water partition coefficient (Wildman–Crippen LogP) is 4.95. The highest BCUT2D eigenvalue weighted by Crippen LogP contribution is 2.35. The summed E-state index contributed by atoms with van der Waals surface area (Å²) < 4.78 is 1.96. The van der Waals surface area contributed by atoms with Crippen LogP contribution in [0.4, 0.5) is 0 Å². The lowest BCUT2D eigenvalue weighted by atomic mass is 10.0. The predicted molar refractivity (Wildman–Crippen MR) is 87.0 cm³/mol. The molecule has 21 heavy (non-hydrogen) atoms. The number of rotatable bonds is 2. The first-order chi connectivity index (χ1) is 9.99. The molecule has 2 aromatic carbocycles. The van der Waals surface area contributed by atoms with Crippen LogP contribution in [0.15, 0.2) is 36.4 Å². The van der Waals surface area contributed by atoms with E-state index in [0.29, 0.717) is 5.02 Å². The average molecular weight is 301 g/mol. The molecule has 0 bridgehead atoms. The van der Waals surface area contributed by atoms with Gasteiger partial charge in [-0.2, -0.15) is 5.10 Å². The van der Waals surface area contributed by atoms with Crippen molar-refractivity contribution in [2.75, 3.05) is 0 Å². The number of halogens is 1. The molecule has 3 aromatic rings. The third kappa shape index (κ3) is 2.28. The van der Waals surface area contributed by atoms with Gasteiger partial charge < -0.3 is 5.11 Å². The van der Waals surface area contributed by atoms with Crippen molar-refractivity contribution in [3.63, 3.8) is 0 Å². The van der Waals surface area contributed by atoms with E-state index in [4.69, 9.17) is 16.7 Å². The fourth-order valence-electron chi connectivity index (χ4n) is 2.64. The second-order valence-electron chi connectivity index (χ2n) is 5.52. The Morgan fingerprint density at radius 2 is 1.95 bits per heavy atom. The lowest BCUT2D eigenvalue weighted by Gasteiger charge is -2.07. The largest absolute Gasteiger partial charge is 0.508 e. The van der Waals surface area contributed by atoms with Crippen LogP contribution in [-0.4, -0.2) is 14.9 Å². The van der Waals surface area contributed by atoms with E-state index in [9.17, 15) is 5.11 Å². The number of nitrogens with zero attached hydrogens (tertiary/aromatic N) is 2. The standard InChI is InChI=1S/C17H17ClN2O/c1-10(2)20-17-14(5-4-6-15(17)18)16(19-20)13-8-7-12(21)9-11(13)3/h4-10,21H,1-3H3. The SMILES string of the molecule is Cc1cc(O)ccc1-c1nn(C(C)C)c2c(Cl)cccc12. The molecule has 0 atom stereocenters. The summed E-state index contributed by atoms with van der Waals surface area (Å²) >= 11 is 6.37. The van der Waals surface area contributed by atoms with Gasteiger partial charge in [0.1, 0.15) is 11.4 Å². The Labute approximate surface area is 128 Å².